The van der Waals surface area contributed by atoms with E-state index in [0.29, 0.717) is 31.9 Å². The van der Waals surface area contributed by atoms with E-state index in [-0.39, 0.29) is 22.3 Å². The summed E-state index contributed by atoms with van der Waals surface area (Å²) in [7, 11) is 0. The second-order valence-electron chi connectivity index (χ2n) is 7.37. The Morgan fingerprint density at radius 2 is 1.80 bits per heavy atom. The Hall–Kier alpha value is -2.58. The molecule has 1 fully saturated rings. The number of fused-ring (bicyclic) bond motifs is 1. The van der Waals surface area contributed by atoms with E-state index >= 15 is 0 Å². The number of nitrogens with zero attached hydrogens (tertiary/aromatic N) is 4. The zero-order chi connectivity index (χ0) is 21.5. The van der Waals surface area contributed by atoms with Crippen molar-refractivity contribution >= 4 is 23.2 Å². The number of aromatic nitrogens is 2. The summed E-state index contributed by atoms with van der Waals surface area (Å²) in [6.07, 6.45) is -3.68. The quantitative estimate of drug-likeness (QED) is 0.615. The fraction of sp³-hybridized carbons (Fsp3) is 0.333. The van der Waals surface area contributed by atoms with Crippen molar-refractivity contribution in [2.45, 2.75) is 19.6 Å². The van der Waals surface area contributed by atoms with Crippen LogP contribution in [0.25, 0.3) is 5.65 Å². The number of rotatable bonds is 3. The van der Waals surface area contributed by atoms with Gasteiger partial charge in [0.2, 0.25) is 0 Å². The summed E-state index contributed by atoms with van der Waals surface area (Å²) in [5.74, 6) is -0.338. The number of aryl methyl sites for hydroxylation is 1. The molecule has 1 saturated heterocycles. The van der Waals surface area contributed by atoms with Crippen molar-refractivity contribution in [1.29, 1.82) is 0 Å². The number of halogens is 4. The Bertz CT molecular complexity index is 1070. The monoisotopic (exact) mass is 436 g/mol. The van der Waals surface area contributed by atoms with Crippen LogP contribution in [-0.4, -0.2) is 51.3 Å². The highest BCUT2D eigenvalue weighted by molar-refractivity contribution is 6.33. The maximum absolute atomic E-state index is 13.2. The largest absolute Gasteiger partial charge is 0.417 e. The Balaban J connectivity index is 1.55. The van der Waals surface area contributed by atoms with Gasteiger partial charge in [0.15, 0.2) is 5.65 Å². The molecule has 1 aromatic carbocycles. The smallest absolute Gasteiger partial charge is 0.335 e. The average Bonchev–Trinajstić information content (AvgIpc) is 3.05. The molecular formula is C21H20ClF3N4O. The summed E-state index contributed by atoms with van der Waals surface area (Å²) >= 11 is 6.03. The van der Waals surface area contributed by atoms with Crippen molar-refractivity contribution in [3.05, 3.63) is 70.1 Å². The van der Waals surface area contributed by atoms with Crippen LogP contribution in [0.4, 0.5) is 13.2 Å². The number of imidazole rings is 1. The maximum atomic E-state index is 13.2. The Morgan fingerprint density at radius 1 is 1.13 bits per heavy atom. The Labute approximate surface area is 176 Å². The van der Waals surface area contributed by atoms with Crippen LogP contribution in [0.3, 0.4) is 0 Å². The van der Waals surface area contributed by atoms with Gasteiger partial charge in [0.1, 0.15) is 5.69 Å². The molecule has 3 heterocycles. The summed E-state index contributed by atoms with van der Waals surface area (Å²) in [6, 6.07) is 10.9. The van der Waals surface area contributed by atoms with Gasteiger partial charge in [0.25, 0.3) is 5.91 Å². The number of hydrogen-bond donors (Lipinski definition) is 0. The molecule has 0 saturated carbocycles. The molecule has 0 aliphatic carbocycles. The molecule has 2 aromatic heterocycles. The van der Waals surface area contributed by atoms with Crippen molar-refractivity contribution in [3.63, 3.8) is 0 Å². The summed E-state index contributed by atoms with van der Waals surface area (Å²) in [5, 5.41) is -0.139. The topological polar surface area (TPSA) is 40.9 Å². The van der Waals surface area contributed by atoms with E-state index in [9.17, 15) is 18.0 Å². The van der Waals surface area contributed by atoms with E-state index < -0.39 is 11.7 Å². The first-order valence-corrected chi connectivity index (χ1v) is 9.93. The van der Waals surface area contributed by atoms with Gasteiger partial charge in [-0.1, -0.05) is 41.9 Å². The van der Waals surface area contributed by atoms with Crippen LogP contribution >= 0.6 is 11.6 Å². The zero-order valence-corrected chi connectivity index (χ0v) is 17.0. The second-order valence-corrected chi connectivity index (χ2v) is 7.78. The molecule has 0 N–H and O–H groups in total. The number of alkyl halides is 3. The van der Waals surface area contributed by atoms with Gasteiger partial charge in [-0.2, -0.15) is 13.2 Å². The van der Waals surface area contributed by atoms with Crippen LogP contribution in [0.2, 0.25) is 5.02 Å². The summed E-state index contributed by atoms with van der Waals surface area (Å²) in [6.45, 7) is 4.75. The molecule has 0 spiro atoms. The van der Waals surface area contributed by atoms with Crippen molar-refractivity contribution in [2.24, 2.45) is 0 Å². The first-order chi connectivity index (χ1) is 14.2. The molecule has 1 aliphatic rings. The van der Waals surface area contributed by atoms with Crippen LogP contribution in [0.15, 0.2) is 42.6 Å². The lowest BCUT2D eigenvalue weighted by molar-refractivity contribution is -0.137. The third-order valence-electron chi connectivity index (χ3n) is 5.29. The van der Waals surface area contributed by atoms with Gasteiger partial charge in [-0.05, 0) is 18.6 Å². The fourth-order valence-corrected chi connectivity index (χ4v) is 3.98. The highest BCUT2D eigenvalue weighted by Crippen LogP contribution is 2.33. The summed E-state index contributed by atoms with van der Waals surface area (Å²) < 4.78 is 40.8. The van der Waals surface area contributed by atoms with Crippen LogP contribution in [0.1, 0.15) is 27.3 Å². The number of benzene rings is 1. The molecule has 0 atom stereocenters. The number of carbonyl (C=O) groups is 1. The summed E-state index contributed by atoms with van der Waals surface area (Å²) in [5.41, 5.74) is 0.902. The molecule has 1 aliphatic heterocycles. The Morgan fingerprint density at radius 3 is 2.43 bits per heavy atom. The SMILES string of the molecule is Cc1nc2c(Cl)cc(C(F)(F)F)cn2c1C(=O)N1CCN(Cc2ccccc2)CC1. The summed E-state index contributed by atoms with van der Waals surface area (Å²) in [4.78, 5) is 21.3. The minimum atomic E-state index is -4.57. The first-order valence-electron chi connectivity index (χ1n) is 9.55. The van der Waals surface area contributed by atoms with E-state index in [1.165, 1.54) is 9.96 Å². The van der Waals surface area contributed by atoms with E-state index in [4.69, 9.17) is 11.6 Å². The minimum Gasteiger partial charge on any atom is -0.335 e. The standard InChI is InChI=1S/C21H20ClF3N4O/c1-14-18(29-13-16(21(23,24)25)11-17(22)19(29)26-14)20(30)28-9-7-27(8-10-28)12-15-5-3-2-4-6-15/h2-6,11,13H,7-10,12H2,1H3. The predicted octanol–water partition coefficient (Wildman–Crippen LogP) is 4.27. The number of hydrogen-bond acceptors (Lipinski definition) is 3. The second kappa shape index (κ2) is 7.92. The lowest BCUT2D eigenvalue weighted by atomic mass is 10.2. The van der Waals surface area contributed by atoms with Gasteiger partial charge in [0, 0.05) is 38.9 Å². The number of pyridine rings is 1. The van der Waals surface area contributed by atoms with Gasteiger partial charge in [-0.15, -0.1) is 0 Å². The van der Waals surface area contributed by atoms with Gasteiger partial charge in [0.05, 0.1) is 16.3 Å². The third kappa shape index (κ3) is 4.02. The van der Waals surface area contributed by atoms with E-state index in [2.05, 4.69) is 22.0 Å². The zero-order valence-electron chi connectivity index (χ0n) is 16.3. The van der Waals surface area contributed by atoms with Crippen molar-refractivity contribution in [1.82, 2.24) is 19.2 Å². The van der Waals surface area contributed by atoms with Crippen molar-refractivity contribution in [2.75, 3.05) is 26.2 Å². The highest BCUT2D eigenvalue weighted by atomic mass is 35.5. The molecule has 0 bridgehead atoms. The first kappa shape index (κ1) is 20.7. The van der Waals surface area contributed by atoms with Gasteiger partial charge < -0.3 is 4.90 Å². The molecular weight excluding hydrogens is 417 g/mol. The predicted molar refractivity (Wildman–Crippen MR) is 108 cm³/mol. The highest BCUT2D eigenvalue weighted by Gasteiger charge is 2.33. The number of carbonyl (C=O) groups excluding carboxylic acids is 1. The van der Waals surface area contributed by atoms with Gasteiger partial charge >= 0.3 is 6.18 Å². The van der Waals surface area contributed by atoms with Crippen LogP contribution in [0.5, 0.6) is 0 Å². The van der Waals surface area contributed by atoms with E-state index in [0.717, 1.165) is 18.8 Å². The van der Waals surface area contributed by atoms with Gasteiger partial charge in [-0.25, -0.2) is 4.98 Å². The molecule has 0 unspecified atom stereocenters. The van der Waals surface area contributed by atoms with Crippen LogP contribution < -0.4 is 0 Å². The number of amides is 1. The van der Waals surface area contributed by atoms with Crippen LogP contribution in [0, 0.1) is 6.92 Å². The number of piperazine rings is 1. The molecule has 30 heavy (non-hydrogen) atoms. The minimum absolute atomic E-state index is 0.120. The molecule has 9 heteroatoms. The van der Waals surface area contributed by atoms with Crippen LogP contribution in [-0.2, 0) is 12.7 Å². The van der Waals surface area contributed by atoms with Crippen molar-refractivity contribution < 1.29 is 18.0 Å². The maximum Gasteiger partial charge on any atom is 0.417 e. The van der Waals surface area contributed by atoms with E-state index in [1.807, 2.05) is 18.2 Å². The molecule has 4 rings (SSSR count). The molecule has 0 radical (unpaired) electrons. The lowest BCUT2D eigenvalue weighted by Gasteiger charge is -2.34. The lowest BCUT2D eigenvalue weighted by Crippen LogP contribution is -2.48. The van der Waals surface area contributed by atoms with E-state index in [1.54, 1.807) is 11.8 Å². The Kier molecular flexibility index (Phi) is 5.46. The average molecular weight is 437 g/mol. The third-order valence-corrected chi connectivity index (χ3v) is 5.57. The molecule has 3 aromatic rings. The molecule has 158 valence electrons. The normalized spacial score (nSPS) is 15.7. The fourth-order valence-electron chi connectivity index (χ4n) is 3.73. The molecule has 5 nitrogen and oxygen atoms in total. The van der Waals surface area contributed by atoms with Gasteiger partial charge in [-0.3, -0.25) is 14.1 Å². The molecule has 1 amide bonds. The van der Waals surface area contributed by atoms with Crippen molar-refractivity contribution in [3.8, 4) is 0 Å².